The molecule has 1 atom stereocenters. The summed E-state index contributed by atoms with van der Waals surface area (Å²) >= 11 is 0. The molecule has 0 radical (unpaired) electrons. The van der Waals surface area contributed by atoms with Crippen molar-refractivity contribution >= 4 is 0 Å². The van der Waals surface area contributed by atoms with E-state index in [1.165, 1.54) is 0 Å². The first-order valence-corrected chi connectivity index (χ1v) is 6.04. The van der Waals surface area contributed by atoms with E-state index in [0.717, 1.165) is 38.4 Å². The van der Waals surface area contributed by atoms with E-state index in [9.17, 15) is 0 Å². The molecule has 1 N–H and O–H groups in total. The van der Waals surface area contributed by atoms with Gasteiger partial charge in [-0.25, -0.2) is 4.98 Å². The SMILES string of the molecule is CCCn1ccnc1CC(COC)NCC. The van der Waals surface area contributed by atoms with Gasteiger partial charge in [-0.15, -0.1) is 0 Å². The monoisotopic (exact) mass is 225 g/mol. The van der Waals surface area contributed by atoms with Crippen LogP contribution in [0.3, 0.4) is 0 Å². The topological polar surface area (TPSA) is 39.1 Å². The van der Waals surface area contributed by atoms with Crippen molar-refractivity contribution < 1.29 is 4.74 Å². The van der Waals surface area contributed by atoms with E-state index in [-0.39, 0.29) is 0 Å². The fraction of sp³-hybridized carbons (Fsp3) is 0.750. The summed E-state index contributed by atoms with van der Waals surface area (Å²) in [5, 5.41) is 3.41. The van der Waals surface area contributed by atoms with E-state index in [1.807, 2.05) is 6.20 Å². The predicted octanol–water partition coefficient (Wildman–Crippen LogP) is 1.46. The first kappa shape index (κ1) is 13.2. The highest BCUT2D eigenvalue weighted by molar-refractivity contribution is 4.95. The molecule has 0 saturated carbocycles. The van der Waals surface area contributed by atoms with E-state index in [4.69, 9.17) is 4.74 Å². The number of hydrogen-bond donors (Lipinski definition) is 1. The molecule has 1 unspecified atom stereocenters. The molecule has 0 aromatic carbocycles. The van der Waals surface area contributed by atoms with Gasteiger partial charge in [0.25, 0.3) is 0 Å². The maximum absolute atomic E-state index is 5.21. The van der Waals surface area contributed by atoms with Gasteiger partial charge in [-0.05, 0) is 13.0 Å². The number of methoxy groups -OCH3 is 1. The molecule has 0 aliphatic carbocycles. The molecule has 0 bridgehead atoms. The van der Waals surface area contributed by atoms with Crippen LogP contribution >= 0.6 is 0 Å². The fourth-order valence-electron chi connectivity index (χ4n) is 1.87. The van der Waals surface area contributed by atoms with Crippen LogP contribution in [0.5, 0.6) is 0 Å². The Bertz CT molecular complexity index is 280. The Kier molecular flexibility index (Phi) is 6.11. The largest absolute Gasteiger partial charge is 0.383 e. The summed E-state index contributed by atoms with van der Waals surface area (Å²) in [6.45, 7) is 7.03. The van der Waals surface area contributed by atoms with E-state index in [1.54, 1.807) is 7.11 Å². The summed E-state index contributed by atoms with van der Waals surface area (Å²) < 4.78 is 7.43. The van der Waals surface area contributed by atoms with Gasteiger partial charge in [0.1, 0.15) is 5.82 Å². The summed E-state index contributed by atoms with van der Waals surface area (Å²) in [7, 11) is 1.74. The van der Waals surface area contributed by atoms with E-state index in [2.05, 4.69) is 34.9 Å². The third kappa shape index (κ3) is 3.94. The summed E-state index contributed by atoms with van der Waals surface area (Å²) in [6, 6.07) is 0.355. The number of nitrogens with zero attached hydrogens (tertiary/aromatic N) is 2. The van der Waals surface area contributed by atoms with Crippen molar-refractivity contribution in [2.24, 2.45) is 0 Å². The zero-order chi connectivity index (χ0) is 11.8. The molecule has 1 aromatic heterocycles. The van der Waals surface area contributed by atoms with Gasteiger partial charge in [-0.2, -0.15) is 0 Å². The number of aromatic nitrogens is 2. The summed E-state index contributed by atoms with van der Waals surface area (Å²) in [5.74, 6) is 1.14. The van der Waals surface area contributed by atoms with Crippen LogP contribution in [0.1, 0.15) is 26.1 Å². The number of rotatable bonds is 8. The average molecular weight is 225 g/mol. The molecule has 0 saturated heterocycles. The highest BCUT2D eigenvalue weighted by Crippen LogP contribution is 2.03. The van der Waals surface area contributed by atoms with Crippen molar-refractivity contribution in [3.8, 4) is 0 Å². The Balaban J connectivity index is 2.57. The number of aryl methyl sites for hydroxylation is 1. The van der Waals surface area contributed by atoms with Crippen molar-refractivity contribution in [3.63, 3.8) is 0 Å². The molecule has 1 heterocycles. The van der Waals surface area contributed by atoms with Gasteiger partial charge in [-0.3, -0.25) is 0 Å². The first-order chi connectivity index (χ1) is 7.81. The molecule has 1 aromatic rings. The van der Waals surface area contributed by atoms with Crippen molar-refractivity contribution in [1.29, 1.82) is 0 Å². The third-order valence-corrected chi connectivity index (χ3v) is 2.56. The first-order valence-electron chi connectivity index (χ1n) is 6.04. The smallest absolute Gasteiger partial charge is 0.110 e. The van der Waals surface area contributed by atoms with Gasteiger partial charge < -0.3 is 14.6 Å². The lowest BCUT2D eigenvalue weighted by atomic mass is 10.2. The Morgan fingerprint density at radius 1 is 1.50 bits per heavy atom. The van der Waals surface area contributed by atoms with Crippen LogP contribution < -0.4 is 5.32 Å². The van der Waals surface area contributed by atoms with Gasteiger partial charge >= 0.3 is 0 Å². The molecule has 0 fully saturated rings. The van der Waals surface area contributed by atoms with Crippen LogP contribution in [-0.2, 0) is 17.7 Å². The van der Waals surface area contributed by atoms with Crippen LogP contribution in [0.25, 0.3) is 0 Å². The molecule has 0 spiro atoms. The maximum atomic E-state index is 5.21. The van der Waals surface area contributed by atoms with E-state index in [0.29, 0.717) is 6.04 Å². The van der Waals surface area contributed by atoms with E-state index >= 15 is 0 Å². The maximum Gasteiger partial charge on any atom is 0.110 e. The van der Waals surface area contributed by atoms with E-state index < -0.39 is 0 Å². The summed E-state index contributed by atoms with van der Waals surface area (Å²) in [5.41, 5.74) is 0. The molecule has 0 aliphatic heterocycles. The lowest BCUT2D eigenvalue weighted by molar-refractivity contribution is 0.165. The molecular weight excluding hydrogens is 202 g/mol. The molecule has 4 heteroatoms. The summed E-state index contributed by atoms with van der Waals surface area (Å²) in [6.07, 6.45) is 5.99. The van der Waals surface area contributed by atoms with Crippen LogP contribution in [0.4, 0.5) is 0 Å². The van der Waals surface area contributed by atoms with Crippen molar-refractivity contribution in [3.05, 3.63) is 18.2 Å². The van der Waals surface area contributed by atoms with Crippen molar-refractivity contribution in [1.82, 2.24) is 14.9 Å². The molecular formula is C12H23N3O. The average Bonchev–Trinajstić information content (AvgIpc) is 2.67. The second kappa shape index (κ2) is 7.41. The zero-order valence-electron chi connectivity index (χ0n) is 10.6. The minimum atomic E-state index is 0.355. The molecule has 92 valence electrons. The Hall–Kier alpha value is -0.870. The summed E-state index contributed by atoms with van der Waals surface area (Å²) in [4.78, 5) is 4.41. The Morgan fingerprint density at radius 3 is 2.94 bits per heavy atom. The third-order valence-electron chi connectivity index (χ3n) is 2.56. The molecule has 0 amide bonds. The van der Waals surface area contributed by atoms with Gasteiger partial charge in [0.05, 0.1) is 6.61 Å². The Labute approximate surface area is 98.0 Å². The zero-order valence-corrected chi connectivity index (χ0v) is 10.6. The van der Waals surface area contributed by atoms with Crippen molar-refractivity contribution in [2.45, 2.75) is 39.3 Å². The van der Waals surface area contributed by atoms with Crippen LogP contribution in [0.15, 0.2) is 12.4 Å². The second-order valence-corrected chi connectivity index (χ2v) is 3.95. The quantitative estimate of drug-likeness (QED) is 0.728. The molecule has 4 nitrogen and oxygen atoms in total. The number of nitrogens with one attached hydrogen (secondary N) is 1. The molecule has 1 rings (SSSR count). The number of likely N-dealkylation sites (N-methyl/N-ethyl adjacent to an activating group) is 1. The van der Waals surface area contributed by atoms with Gasteiger partial charge in [0.15, 0.2) is 0 Å². The van der Waals surface area contributed by atoms with Gasteiger partial charge in [0, 0.05) is 38.5 Å². The van der Waals surface area contributed by atoms with Gasteiger partial charge in [0.2, 0.25) is 0 Å². The Morgan fingerprint density at radius 2 is 2.31 bits per heavy atom. The number of hydrogen-bond acceptors (Lipinski definition) is 3. The lowest BCUT2D eigenvalue weighted by Gasteiger charge is -2.17. The van der Waals surface area contributed by atoms with Gasteiger partial charge in [-0.1, -0.05) is 13.8 Å². The van der Waals surface area contributed by atoms with Crippen LogP contribution in [0.2, 0.25) is 0 Å². The highest BCUT2D eigenvalue weighted by atomic mass is 16.5. The number of ether oxygens (including phenoxy) is 1. The number of imidazole rings is 1. The predicted molar refractivity (Wildman–Crippen MR) is 65.6 cm³/mol. The standard InChI is InChI=1S/C12H23N3O/c1-4-7-15-8-6-14-12(15)9-11(10-16-3)13-5-2/h6,8,11,13H,4-5,7,9-10H2,1-3H3. The minimum Gasteiger partial charge on any atom is -0.383 e. The molecule has 0 aliphatic rings. The van der Waals surface area contributed by atoms with Crippen molar-refractivity contribution in [2.75, 3.05) is 20.3 Å². The molecule has 16 heavy (non-hydrogen) atoms. The minimum absolute atomic E-state index is 0.355. The second-order valence-electron chi connectivity index (χ2n) is 3.95. The lowest BCUT2D eigenvalue weighted by Crippen LogP contribution is -2.35. The highest BCUT2D eigenvalue weighted by Gasteiger charge is 2.11. The fourth-order valence-corrected chi connectivity index (χ4v) is 1.87. The van der Waals surface area contributed by atoms with Crippen LogP contribution in [0, 0.1) is 0 Å². The van der Waals surface area contributed by atoms with Crippen LogP contribution in [-0.4, -0.2) is 35.9 Å². The normalized spacial score (nSPS) is 12.9.